The molecule has 0 radical (unpaired) electrons. The van der Waals surface area contributed by atoms with Crippen LogP contribution in [0.1, 0.15) is 5.56 Å². The summed E-state index contributed by atoms with van der Waals surface area (Å²) in [4.78, 5) is 13.1. The van der Waals surface area contributed by atoms with Crippen molar-refractivity contribution >= 4 is 27.7 Å². The summed E-state index contributed by atoms with van der Waals surface area (Å²) in [5, 5.41) is 0.241. The molecule has 2 rings (SSSR count). The number of benzene rings is 1. The van der Waals surface area contributed by atoms with Crippen LogP contribution in [0.25, 0.3) is 0 Å². The van der Waals surface area contributed by atoms with Crippen LogP contribution in [-0.4, -0.2) is 64.1 Å². The number of hydrogen-bond acceptors (Lipinski definition) is 5. The summed E-state index contributed by atoms with van der Waals surface area (Å²) < 4.78 is 36.7. The maximum absolute atomic E-state index is 12.8. The first-order chi connectivity index (χ1) is 10.8. The monoisotopic (exact) mass is 362 g/mol. The maximum atomic E-state index is 12.8. The van der Waals surface area contributed by atoms with E-state index in [-0.39, 0.29) is 36.1 Å². The predicted octanol–water partition coefficient (Wildman–Crippen LogP) is 1.73. The van der Waals surface area contributed by atoms with Gasteiger partial charge in [0.05, 0.1) is 24.1 Å². The van der Waals surface area contributed by atoms with Gasteiger partial charge in [-0.05, 0) is 24.6 Å². The molecule has 1 amide bonds. The van der Waals surface area contributed by atoms with Gasteiger partial charge in [-0.3, -0.25) is 0 Å². The van der Waals surface area contributed by atoms with Crippen molar-refractivity contribution in [3.8, 4) is 5.75 Å². The first-order valence-corrected chi connectivity index (χ1v) is 8.80. The van der Waals surface area contributed by atoms with E-state index in [1.807, 2.05) is 0 Å². The molecule has 1 heterocycles. The Morgan fingerprint density at radius 1 is 1.17 bits per heavy atom. The Hall–Kier alpha value is -1.51. The third-order valence-electron chi connectivity index (χ3n) is 3.74. The fraction of sp³-hybridized carbons (Fsp3) is 0.500. The molecule has 128 valence electrons. The summed E-state index contributed by atoms with van der Waals surface area (Å²) >= 11 is 6.05. The average molecular weight is 363 g/mol. The van der Waals surface area contributed by atoms with E-state index in [2.05, 4.69) is 4.74 Å². The third kappa shape index (κ3) is 3.54. The minimum Gasteiger partial charge on any atom is -0.495 e. The Morgan fingerprint density at radius 3 is 2.30 bits per heavy atom. The van der Waals surface area contributed by atoms with Crippen molar-refractivity contribution in [2.45, 2.75) is 11.8 Å². The van der Waals surface area contributed by atoms with Crippen molar-refractivity contribution in [2.24, 2.45) is 0 Å². The zero-order valence-electron chi connectivity index (χ0n) is 13.2. The molecule has 0 aliphatic carbocycles. The van der Waals surface area contributed by atoms with Crippen molar-refractivity contribution in [3.63, 3.8) is 0 Å². The molecule has 0 saturated carbocycles. The Morgan fingerprint density at radius 2 is 1.78 bits per heavy atom. The second kappa shape index (κ2) is 6.94. The number of sulfonamides is 1. The number of carbonyl (C=O) groups is 1. The van der Waals surface area contributed by atoms with E-state index < -0.39 is 16.1 Å². The zero-order chi connectivity index (χ0) is 17.2. The van der Waals surface area contributed by atoms with Crippen LogP contribution >= 0.6 is 11.6 Å². The van der Waals surface area contributed by atoms with E-state index >= 15 is 0 Å². The largest absolute Gasteiger partial charge is 0.495 e. The van der Waals surface area contributed by atoms with E-state index in [1.54, 1.807) is 13.0 Å². The van der Waals surface area contributed by atoms with Gasteiger partial charge in [-0.15, -0.1) is 0 Å². The molecular weight excluding hydrogens is 344 g/mol. The van der Waals surface area contributed by atoms with Crippen molar-refractivity contribution in [2.75, 3.05) is 40.4 Å². The fourth-order valence-electron chi connectivity index (χ4n) is 2.45. The van der Waals surface area contributed by atoms with Crippen molar-refractivity contribution in [1.82, 2.24) is 9.21 Å². The molecule has 1 saturated heterocycles. The van der Waals surface area contributed by atoms with Gasteiger partial charge in [0, 0.05) is 26.2 Å². The maximum Gasteiger partial charge on any atom is 0.409 e. The van der Waals surface area contributed by atoms with E-state index in [1.165, 1.54) is 29.5 Å². The smallest absolute Gasteiger partial charge is 0.409 e. The second-order valence-corrected chi connectivity index (χ2v) is 7.43. The SMILES string of the molecule is COC(=O)N1CCN(S(=O)(=O)c2cc(Cl)c(OC)cc2C)CC1. The number of methoxy groups -OCH3 is 2. The summed E-state index contributed by atoms with van der Waals surface area (Å²) in [5.41, 5.74) is 0.557. The summed E-state index contributed by atoms with van der Waals surface area (Å²) in [6.45, 7) is 2.68. The normalized spacial score (nSPS) is 16.3. The lowest BCUT2D eigenvalue weighted by atomic mass is 10.2. The van der Waals surface area contributed by atoms with Crippen LogP contribution < -0.4 is 4.74 Å². The van der Waals surface area contributed by atoms with Gasteiger partial charge >= 0.3 is 6.09 Å². The van der Waals surface area contributed by atoms with Gasteiger partial charge in [0.2, 0.25) is 10.0 Å². The van der Waals surface area contributed by atoms with Crippen molar-refractivity contribution < 1.29 is 22.7 Å². The molecule has 1 aliphatic rings. The van der Waals surface area contributed by atoms with Crippen molar-refractivity contribution in [1.29, 1.82) is 0 Å². The molecule has 1 aromatic carbocycles. The van der Waals surface area contributed by atoms with E-state index in [9.17, 15) is 13.2 Å². The third-order valence-corrected chi connectivity index (χ3v) is 6.07. The van der Waals surface area contributed by atoms with Gasteiger partial charge in [0.25, 0.3) is 0 Å². The highest BCUT2D eigenvalue weighted by Gasteiger charge is 2.31. The second-order valence-electron chi connectivity index (χ2n) is 5.11. The van der Waals surface area contributed by atoms with Crippen LogP contribution in [0, 0.1) is 6.92 Å². The lowest BCUT2D eigenvalue weighted by Gasteiger charge is -2.33. The summed E-state index contributed by atoms with van der Waals surface area (Å²) in [6.07, 6.45) is -0.453. The average Bonchev–Trinajstić information content (AvgIpc) is 2.55. The standard InChI is InChI=1S/C14H19ClN2O5S/c1-10-8-12(21-2)11(15)9-13(10)23(19,20)17-6-4-16(5-7-17)14(18)22-3/h8-9H,4-7H2,1-3H3. The molecular formula is C14H19ClN2O5S. The number of carbonyl (C=O) groups excluding carboxylic acids is 1. The Kier molecular flexibility index (Phi) is 5.38. The topological polar surface area (TPSA) is 76.2 Å². The Labute approximate surface area is 140 Å². The number of aryl methyl sites for hydroxylation is 1. The van der Waals surface area contributed by atoms with Crippen LogP contribution in [0.4, 0.5) is 4.79 Å². The van der Waals surface area contributed by atoms with Crippen LogP contribution in [0.2, 0.25) is 5.02 Å². The highest BCUT2D eigenvalue weighted by atomic mass is 35.5. The van der Waals surface area contributed by atoms with Gasteiger partial charge in [-0.25, -0.2) is 13.2 Å². The number of piperazine rings is 1. The number of rotatable bonds is 3. The number of hydrogen-bond donors (Lipinski definition) is 0. The van der Waals surface area contributed by atoms with Gasteiger partial charge in [0.1, 0.15) is 5.75 Å². The lowest BCUT2D eigenvalue weighted by Crippen LogP contribution is -2.50. The molecule has 23 heavy (non-hydrogen) atoms. The molecule has 0 spiro atoms. The minimum absolute atomic E-state index is 0.148. The Bertz CT molecular complexity index is 699. The van der Waals surface area contributed by atoms with E-state index in [0.29, 0.717) is 11.3 Å². The first kappa shape index (κ1) is 17.8. The molecule has 1 aromatic rings. The van der Waals surface area contributed by atoms with Crippen LogP contribution in [0.15, 0.2) is 17.0 Å². The van der Waals surface area contributed by atoms with E-state index in [0.717, 1.165) is 0 Å². The molecule has 0 bridgehead atoms. The van der Waals surface area contributed by atoms with Gasteiger partial charge in [-0.2, -0.15) is 4.31 Å². The lowest BCUT2D eigenvalue weighted by molar-refractivity contribution is 0.108. The molecule has 1 aliphatic heterocycles. The van der Waals surface area contributed by atoms with Gasteiger partial charge in [0.15, 0.2) is 0 Å². The predicted molar refractivity (Wildman–Crippen MR) is 85.5 cm³/mol. The van der Waals surface area contributed by atoms with Gasteiger partial charge < -0.3 is 14.4 Å². The quantitative estimate of drug-likeness (QED) is 0.818. The molecule has 0 unspecified atom stereocenters. The van der Waals surface area contributed by atoms with Crippen LogP contribution in [0.5, 0.6) is 5.75 Å². The summed E-state index contributed by atoms with van der Waals surface area (Å²) in [7, 11) is -0.909. The van der Waals surface area contributed by atoms with Crippen LogP contribution in [-0.2, 0) is 14.8 Å². The Balaban J connectivity index is 2.24. The highest BCUT2D eigenvalue weighted by Crippen LogP contribution is 2.31. The number of ether oxygens (including phenoxy) is 2. The molecule has 0 aromatic heterocycles. The van der Waals surface area contributed by atoms with E-state index in [4.69, 9.17) is 16.3 Å². The highest BCUT2D eigenvalue weighted by molar-refractivity contribution is 7.89. The molecule has 7 nitrogen and oxygen atoms in total. The summed E-state index contributed by atoms with van der Waals surface area (Å²) in [5.74, 6) is 0.429. The number of nitrogens with zero attached hydrogens (tertiary/aromatic N) is 2. The fourth-order valence-corrected chi connectivity index (χ4v) is 4.41. The van der Waals surface area contributed by atoms with Crippen LogP contribution in [0.3, 0.4) is 0 Å². The molecule has 0 atom stereocenters. The van der Waals surface area contributed by atoms with Gasteiger partial charge in [-0.1, -0.05) is 11.6 Å². The zero-order valence-corrected chi connectivity index (χ0v) is 14.8. The molecule has 9 heteroatoms. The minimum atomic E-state index is -3.68. The molecule has 0 N–H and O–H groups in total. The molecule has 1 fully saturated rings. The summed E-state index contributed by atoms with van der Waals surface area (Å²) in [6, 6.07) is 3.00. The number of halogens is 1. The first-order valence-electron chi connectivity index (χ1n) is 6.98. The van der Waals surface area contributed by atoms with Crippen molar-refractivity contribution in [3.05, 3.63) is 22.7 Å². The number of amides is 1.